The maximum Gasteiger partial charge on any atom is 0.411 e. The van der Waals surface area contributed by atoms with Gasteiger partial charge in [-0.25, -0.2) is 9.78 Å². The predicted octanol–water partition coefficient (Wildman–Crippen LogP) is 7.12. The highest BCUT2D eigenvalue weighted by molar-refractivity contribution is 5.68. The molecule has 44 heavy (non-hydrogen) atoms. The van der Waals surface area contributed by atoms with Gasteiger partial charge in [0.05, 0.1) is 32.5 Å². The number of benzene rings is 3. The first-order valence-electron chi connectivity index (χ1n) is 15.4. The van der Waals surface area contributed by atoms with E-state index in [1.54, 1.807) is 11.1 Å². The van der Waals surface area contributed by atoms with Gasteiger partial charge >= 0.3 is 6.09 Å². The van der Waals surface area contributed by atoms with Gasteiger partial charge in [0.1, 0.15) is 12.2 Å². The Kier molecular flexibility index (Phi) is 10.8. The van der Waals surface area contributed by atoms with E-state index in [9.17, 15) is 4.79 Å². The molecule has 1 aromatic heterocycles. The van der Waals surface area contributed by atoms with E-state index >= 15 is 0 Å². The second-order valence-corrected chi connectivity index (χ2v) is 11.7. The lowest BCUT2D eigenvalue weighted by atomic mass is 9.95. The fourth-order valence-electron chi connectivity index (χ4n) is 5.80. The molecule has 0 N–H and O–H groups in total. The number of amides is 1. The quantitative estimate of drug-likeness (QED) is 0.163. The van der Waals surface area contributed by atoms with Gasteiger partial charge in [-0.2, -0.15) is 0 Å². The molecule has 1 amide bonds. The Morgan fingerprint density at radius 3 is 1.77 bits per heavy atom. The number of imidazole rings is 1. The van der Waals surface area contributed by atoms with Crippen molar-refractivity contribution in [2.75, 3.05) is 6.61 Å². The van der Waals surface area contributed by atoms with E-state index in [1.807, 2.05) is 129 Å². The molecule has 2 heterocycles. The van der Waals surface area contributed by atoms with Gasteiger partial charge in [0.25, 0.3) is 0 Å². The van der Waals surface area contributed by atoms with E-state index in [1.165, 1.54) is 0 Å². The van der Waals surface area contributed by atoms with E-state index < -0.39 is 24.4 Å². The zero-order chi connectivity index (χ0) is 30.9. The van der Waals surface area contributed by atoms with Gasteiger partial charge in [0.15, 0.2) is 11.9 Å². The summed E-state index contributed by atoms with van der Waals surface area (Å²) in [5.41, 5.74) is 3.13. The van der Waals surface area contributed by atoms with Crippen LogP contribution in [0, 0.1) is 0 Å². The molecule has 3 aromatic carbocycles. The Morgan fingerprint density at radius 1 is 0.750 bits per heavy atom. The van der Waals surface area contributed by atoms with E-state index in [4.69, 9.17) is 23.9 Å². The van der Waals surface area contributed by atoms with Gasteiger partial charge in [0, 0.05) is 24.5 Å². The van der Waals surface area contributed by atoms with Crippen LogP contribution in [0.1, 0.15) is 62.4 Å². The highest BCUT2D eigenvalue weighted by Crippen LogP contribution is 2.39. The highest BCUT2D eigenvalue weighted by Gasteiger charge is 2.48. The summed E-state index contributed by atoms with van der Waals surface area (Å²) >= 11 is 0. The van der Waals surface area contributed by atoms with Crippen LogP contribution in [0.25, 0.3) is 0 Å². The first-order valence-corrected chi connectivity index (χ1v) is 15.4. The summed E-state index contributed by atoms with van der Waals surface area (Å²) in [5, 5.41) is 0. The Labute approximate surface area is 260 Å². The predicted molar refractivity (Wildman–Crippen MR) is 169 cm³/mol. The summed E-state index contributed by atoms with van der Waals surface area (Å²) in [6, 6.07) is 29.7. The molecule has 4 atom stereocenters. The lowest BCUT2D eigenvalue weighted by molar-refractivity contribution is -0.175. The average Bonchev–Trinajstić information content (AvgIpc) is 3.52. The maximum absolute atomic E-state index is 13.7. The van der Waals surface area contributed by atoms with Gasteiger partial charge in [-0.3, -0.25) is 0 Å². The number of hydrogen-bond acceptors (Lipinski definition) is 6. The molecule has 4 aromatic rings. The Bertz CT molecular complexity index is 1420. The van der Waals surface area contributed by atoms with Crippen LogP contribution in [0.15, 0.2) is 103 Å². The molecule has 0 spiro atoms. The molecule has 0 saturated carbocycles. The van der Waals surface area contributed by atoms with Crippen molar-refractivity contribution in [2.24, 2.45) is 0 Å². The molecule has 1 aliphatic rings. The normalized spacial score (nSPS) is 19.6. The summed E-state index contributed by atoms with van der Waals surface area (Å²) in [6.07, 6.45) is 1.26. The van der Waals surface area contributed by atoms with Crippen LogP contribution in [0.5, 0.6) is 0 Å². The molecule has 8 nitrogen and oxygen atoms in total. The number of rotatable bonds is 13. The molecule has 1 aliphatic heterocycles. The van der Waals surface area contributed by atoms with E-state index in [2.05, 4.69) is 0 Å². The first kappa shape index (κ1) is 31.4. The van der Waals surface area contributed by atoms with Crippen LogP contribution in [0.2, 0.25) is 0 Å². The molecule has 8 heteroatoms. The van der Waals surface area contributed by atoms with Crippen molar-refractivity contribution in [3.05, 3.63) is 126 Å². The zero-order valence-electron chi connectivity index (χ0n) is 26.0. The molecular weight excluding hydrogens is 554 g/mol. The molecule has 0 saturated heterocycles. The third-order valence-corrected chi connectivity index (χ3v) is 7.83. The second-order valence-electron chi connectivity index (χ2n) is 11.7. The highest BCUT2D eigenvalue weighted by atomic mass is 16.6. The van der Waals surface area contributed by atoms with E-state index in [-0.39, 0.29) is 18.1 Å². The van der Waals surface area contributed by atoms with E-state index in [0.717, 1.165) is 16.7 Å². The van der Waals surface area contributed by atoms with Crippen LogP contribution in [0.3, 0.4) is 0 Å². The Hall–Kier alpha value is -3.98. The zero-order valence-corrected chi connectivity index (χ0v) is 26.0. The number of ether oxygens (including phenoxy) is 4. The third kappa shape index (κ3) is 7.75. The number of carbonyl (C=O) groups is 1. The van der Waals surface area contributed by atoms with Crippen LogP contribution in [-0.2, 0) is 38.8 Å². The van der Waals surface area contributed by atoms with Crippen molar-refractivity contribution >= 4 is 6.09 Å². The van der Waals surface area contributed by atoms with Gasteiger partial charge in [0.2, 0.25) is 0 Å². The number of fused-ring (bicyclic) bond motifs is 1. The summed E-state index contributed by atoms with van der Waals surface area (Å²) in [5.74, 6) is 0.608. The minimum atomic E-state index is -0.799. The van der Waals surface area contributed by atoms with Crippen LogP contribution >= 0.6 is 0 Å². The van der Waals surface area contributed by atoms with Crippen LogP contribution in [-0.4, -0.2) is 51.4 Å². The first-order chi connectivity index (χ1) is 21.4. The largest absolute Gasteiger partial charge is 0.435 e. The number of aromatic nitrogens is 2. The van der Waals surface area contributed by atoms with Gasteiger partial charge < -0.3 is 28.4 Å². The van der Waals surface area contributed by atoms with Crippen molar-refractivity contribution in [1.29, 1.82) is 0 Å². The summed E-state index contributed by atoms with van der Waals surface area (Å²) in [4.78, 5) is 20.1. The monoisotopic (exact) mass is 597 g/mol. The third-order valence-electron chi connectivity index (χ3n) is 7.83. The average molecular weight is 598 g/mol. The number of carbonyl (C=O) groups excluding carboxylic acids is 1. The topological polar surface area (TPSA) is 75.1 Å². The van der Waals surface area contributed by atoms with E-state index in [0.29, 0.717) is 32.3 Å². The van der Waals surface area contributed by atoms with Gasteiger partial charge in [-0.15, -0.1) is 0 Å². The summed E-state index contributed by atoms with van der Waals surface area (Å²) < 4.78 is 28.0. The van der Waals surface area contributed by atoms with Crippen LogP contribution in [0.4, 0.5) is 4.79 Å². The van der Waals surface area contributed by atoms with Crippen molar-refractivity contribution in [1.82, 2.24) is 14.5 Å². The molecule has 0 aliphatic carbocycles. The van der Waals surface area contributed by atoms with Gasteiger partial charge in [-0.1, -0.05) is 91.0 Å². The summed E-state index contributed by atoms with van der Waals surface area (Å²) in [6.45, 7) is 9.43. The lowest BCUT2D eigenvalue weighted by Crippen LogP contribution is -2.52. The lowest BCUT2D eigenvalue weighted by Gasteiger charge is -2.43. The second kappa shape index (κ2) is 15.1. The van der Waals surface area contributed by atoms with Crippen LogP contribution < -0.4 is 0 Å². The molecule has 5 rings (SSSR count). The molecule has 0 fully saturated rings. The van der Waals surface area contributed by atoms with Crippen molar-refractivity contribution in [3.8, 4) is 0 Å². The smallest absolute Gasteiger partial charge is 0.411 e. The van der Waals surface area contributed by atoms with Crippen molar-refractivity contribution in [2.45, 2.75) is 84.0 Å². The fourth-order valence-corrected chi connectivity index (χ4v) is 5.80. The Morgan fingerprint density at radius 2 is 1.25 bits per heavy atom. The molecule has 0 radical (unpaired) electrons. The maximum atomic E-state index is 13.7. The number of hydrogen-bond donors (Lipinski definition) is 0. The van der Waals surface area contributed by atoms with Crippen molar-refractivity contribution in [3.63, 3.8) is 0 Å². The Balaban J connectivity index is 1.49. The minimum absolute atomic E-state index is 0.0428. The van der Waals surface area contributed by atoms with Crippen molar-refractivity contribution < 1.29 is 23.7 Å². The summed E-state index contributed by atoms with van der Waals surface area (Å²) in [7, 11) is 0. The number of nitrogens with zero attached hydrogens (tertiary/aromatic N) is 3. The SMILES string of the molecule is CC(C)N(C(=O)O[C@@H]1c2nccn2[C@H](COCc2ccccc2)[C@@H](OCc2ccccc2)[C@@H]1OCc1ccccc1)C(C)C. The minimum Gasteiger partial charge on any atom is -0.435 e. The molecule has 0 bridgehead atoms. The molecule has 0 unspecified atom stereocenters. The standard InChI is InChI=1S/C36H43N3O5/c1-26(2)39(27(3)4)36(40)44-34-33(43-24-30-18-12-7-13-19-30)32(42-23-29-16-10-6-11-17-29)31(38-21-20-37-35(34)38)25-41-22-28-14-8-5-9-15-28/h5-21,26-27,31-34H,22-25H2,1-4H3/t31-,32-,33+,34+/m1/s1. The molecular formula is C36H43N3O5. The van der Waals surface area contributed by atoms with Gasteiger partial charge in [-0.05, 0) is 44.4 Å². The molecule has 232 valence electrons. The fraction of sp³-hybridized carbons (Fsp3) is 0.389.